The summed E-state index contributed by atoms with van der Waals surface area (Å²) in [5.74, 6) is 0.179. The summed E-state index contributed by atoms with van der Waals surface area (Å²) >= 11 is 0. The van der Waals surface area contributed by atoms with Gasteiger partial charge in [-0.2, -0.15) is 0 Å². The van der Waals surface area contributed by atoms with E-state index < -0.39 is 0 Å². The molecule has 1 amide bonds. The maximum Gasteiger partial charge on any atom is 0.246 e. The summed E-state index contributed by atoms with van der Waals surface area (Å²) in [5.41, 5.74) is 1.26. The van der Waals surface area contributed by atoms with Gasteiger partial charge < -0.3 is 0 Å². The Hall–Kier alpha value is -1.83. The van der Waals surface area contributed by atoms with Crippen LogP contribution in [0.1, 0.15) is 5.56 Å². The highest BCUT2D eigenvalue weighted by Gasteiger charge is 2.29. The molecule has 0 saturated carbocycles. The van der Waals surface area contributed by atoms with Crippen LogP contribution in [0.5, 0.6) is 0 Å². The zero-order valence-electron chi connectivity index (χ0n) is 8.89. The van der Waals surface area contributed by atoms with E-state index in [-0.39, 0.29) is 11.8 Å². The van der Waals surface area contributed by atoms with Crippen LogP contribution < -0.4 is 5.32 Å². The molecule has 0 aromatic heterocycles. The number of nitrogens with zero attached hydrogens (tertiary/aromatic N) is 1. The Morgan fingerprint density at radius 1 is 1.12 bits per heavy atom. The van der Waals surface area contributed by atoms with Crippen LogP contribution in [0.15, 0.2) is 42.5 Å². The van der Waals surface area contributed by atoms with Gasteiger partial charge in [-0.15, -0.1) is 0 Å². The summed E-state index contributed by atoms with van der Waals surface area (Å²) in [6, 6.07) is 14.6. The van der Waals surface area contributed by atoms with E-state index in [2.05, 4.69) is 35.6 Å². The second-order valence-corrected chi connectivity index (χ2v) is 4.22. The third kappa shape index (κ3) is 1.47. The van der Waals surface area contributed by atoms with Gasteiger partial charge in [0.05, 0.1) is 12.5 Å². The van der Waals surface area contributed by atoms with Gasteiger partial charge in [0.2, 0.25) is 5.91 Å². The zero-order chi connectivity index (χ0) is 11.0. The first-order chi connectivity index (χ1) is 7.84. The van der Waals surface area contributed by atoms with E-state index in [0.717, 1.165) is 6.42 Å². The maximum absolute atomic E-state index is 11.2. The highest BCUT2D eigenvalue weighted by Crippen LogP contribution is 2.23. The zero-order valence-corrected chi connectivity index (χ0v) is 8.89. The predicted molar refractivity (Wildman–Crippen MR) is 63.2 cm³/mol. The summed E-state index contributed by atoms with van der Waals surface area (Å²) in [6.07, 6.45) is 0.823. The minimum absolute atomic E-state index is 0.0629. The van der Waals surface area contributed by atoms with Gasteiger partial charge in [0.25, 0.3) is 0 Å². The van der Waals surface area contributed by atoms with Gasteiger partial charge in [-0.1, -0.05) is 42.5 Å². The third-order valence-corrected chi connectivity index (χ3v) is 3.16. The molecule has 1 heterocycles. The Balaban J connectivity index is 1.99. The Morgan fingerprint density at radius 2 is 1.94 bits per heavy atom. The summed E-state index contributed by atoms with van der Waals surface area (Å²) in [4.78, 5) is 11.2. The van der Waals surface area contributed by atoms with Crippen LogP contribution in [0.25, 0.3) is 10.8 Å². The number of hydrogen-bond acceptors (Lipinski definition) is 1. The second kappa shape index (κ2) is 3.63. The molecule has 2 aromatic carbocycles. The first-order valence-corrected chi connectivity index (χ1v) is 5.52. The molecule has 2 aromatic rings. The Labute approximate surface area is 94.3 Å². The number of hydrogen-bond donors (Lipinski definition) is 0. The average Bonchev–Trinajstić information content (AvgIpc) is 2.34. The molecule has 1 unspecified atom stereocenters. The molecule has 1 aliphatic heterocycles. The number of carbonyl (C=O) groups excluding carboxylic acids is 1. The number of amides is 1. The van der Waals surface area contributed by atoms with E-state index in [9.17, 15) is 4.79 Å². The lowest BCUT2D eigenvalue weighted by atomic mass is 9.91. The minimum atomic E-state index is 0.0629. The molecule has 0 bridgehead atoms. The first kappa shape index (κ1) is 9.40. The van der Waals surface area contributed by atoms with Gasteiger partial charge in [0, 0.05) is 0 Å². The predicted octanol–water partition coefficient (Wildman–Crippen LogP) is 2.14. The highest BCUT2D eigenvalue weighted by molar-refractivity contribution is 5.88. The fourth-order valence-electron chi connectivity index (χ4n) is 2.18. The smallest absolute Gasteiger partial charge is 0.246 e. The van der Waals surface area contributed by atoms with Gasteiger partial charge in [0.1, 0.15) is 0 Å². The molecule has 2 heteroatoms. The van der Waals surface area contributed by atoms with Crippen molar-refractivity contribution >= 4 is 16.7 Å². The van der Waals surface area contributed by atoms with E-state index in [1.807, 2.05) is 12.1 Å². The van der Waals surface area contributed by atoms with E-state index in [4.69, 9.17) is 0 Å². The van der Waals surface area contributed by atoms with Crippen molar-refractivity contribution in [3.63, 3.8) is 0 Å². The number of benzene rings is 2. The lowest BCUT2D eigenvalue weighted by Gasteiger charge is -2.23. The minimum Gasteiger partial charge on any atom is -0.273 e. The standard InChI is InChI=1S/C14H12NO/c16-14-12(9-15-14)8-11-6-3-5-10-4-1-2-7-13(10)11/h1-7,12H,8-9H2. The van der Waals surface area contributed by atoms with Crippen molar-refractivity contribution in [2.24, 2.45) is 5.92 Å². The summed E-state index contributed by atoms with van der Waals surface area (Å²) in [7, 11) is 0. The van der Waals surface area contributed by atoms with Crippen LogP contribution in [0.2, 0.25) is 0 Å². The fourth-order valence-corrected chi connectivity index (χ4v) is 2.18. The molecule has 0 aliphatic carbocycles. The lowest BCUT2D eigenvalue weighted by molar-refractivity contribution is -0.131. The van der Waals surface area contributed by atoms with Crippen molar-refractivity contribution in [1.82, 2.24) is 5.32 Å². The van der Waals surface area contributed by atoms with Gasteiger partial charge >= 0.3 is 0 Å². The summed E-state index contributed by atoms with van der Waals surface area (Å²) in [6.45, 7) is 0.696. The third-order valence-electron chi connectivity index (χ3n) is 3.16. The van der Waals surface area contributed by atoms with Crippen LogP contribution in [-0.4, -0.2) is 12.5 Å². The molecule has 1 radical (unpaired) electrons. The van der Waals surface area contributed by atoms with Crippen molar-refractivity contribution in [3.8, 4) is 0 Å². The quantitative estimate of drug-likeness (QED) is 0.699. The van der Waals surface area contributed by atoms with Crippen molar-refractivity contribution in [2.75, 3.05) is 6.54 Å². The molecule has 1 saturated heterocycles. The Kier molecular flexibility index (Phi) is 2.13. The van der Waals surface area contributed by atoms with E-state index in [0.29, 0.717) is 6.54 Å². The molecule has 1 fully saturated rings. The summed E-state index contributed by atoms with van der Waals surface area (Å²) < 4.78 is 0. The SMILES string of the molecule is O=C1[N]CC1Cc1cccc2ccccc12. The lowest BCUT2D eigenvalue weighted by Crippen LogP contribution is -2.43. The molecule has 79 valence electrons. The Bertz CT molecular complexity index is 542. The van der Waals surface area contributed by atoms with Crippen molar-refractivity contribution < 1.29 is 4.79 Å². The number of β-lactam (4-membered cyclic amide) rings is 1. The maximum atomic E-state index is 11.2. The monoisotopic (exact) mass is 210 g/mol. The molecular weight excluding hydrogens is 198 g/mol. The normalized spacial score (nSPS) is 19.2. The number of fused-ring (bicyclic) bond motifs is 1. The van der Waals surface area contributed by atoms with Crippen LogP contribution in [0.4, 0.5) is 0 Å². The Morgan fingerprint density at radius 3 is 2.69 bits per heavy atom. The molecular formula is C14H12NO. The highest BCUT2D eigenvalue weighted by atomic mass is 16.2. The molecule has 3 rings (SSSR count). The molecule has 1 atom stereocenters. The van der Waals surface area contributed by atoms with Crippen LogP contribution in [0.3, 0.4) is 0 Å². The van der Waals surface area contributed by atoms with Gasteiger partial charge in [-0.25, -0.2) is 0 Å². The van der Waals surface area contributed by atoms with E-state index >= 15 is 0 Å². The van der Waals surface area contributed by atoms with Gasteiger partial charge in [-0.05, 0) is 22.8 Å². The van der Waals surface area contributed by atoms with Crippen molar-refractivity contribution in [2.45, 2.75) is 6.42 Å². The number of carbonyl (C=O) groups is 1. The fraction of sp³-hybridized carbons (Fsp3) is 0.214. The van der Waals surface area contributed by atoms with E-state index in [1.165, 1.54) is 16.3 Å². The molecule has 16 heavy (non-hydrogen) atoms. The van der Waals surface area contributed by atoms with Crippen LogP contribution in [-0.2, 0) is 11.2 Å². The molecule has 1 aliphatic rings. The average molecular weight is 210 g/mol. The molecule has 0 N–H and O–H groups in total. The van der Waals surface area contributed by atoms with Gasteiger partial charge in [0.15, 0.2) is 0 Å². The first-order valence-electron chi connectivity index (χ1n) is 5.52. The van der Waals surface area contributed by atoms with Crippen molar-refractivity contribution in [1.29, 1.82) is 0 Å². The van der Waals surface area contributed by atoms with Crippen LogP contribution in [0, 0.1) is 5.92 Å². The van der Waals surface area contributed by atoms with E-state index in [1.54, 1.807) is 0 Å². The topological polar surface area (TPSA) is 31.2 Å². The van der Waals surface area contributed by atoms with Gasteiger partial charge in [-0.3, -0.25) is 10.1 Å². The molecule has 2 nitrogen and oxygen atoms in total. The van der Waals surface area contributed by atoms with Crippen LogP contribution >= 0.6 is 0 Å². The molecule has 0 spiro atoms. The van der Waals surface area contributed by atoms with Crippen molar-refractivity contribution in [3.05, 3.63) is 48.0 Å². The number of rotatable bonds is 2. The largest absolute Gasteiger partial charge is 0.273 e. The second-order valence-electron chi connectivity index (χ2n) is 4.22. The summed E-state index contributed by atoms with van der Waals surface area (Å²) in [5, 5.41) is 6.28.